The van der Waals surface area contributed by atoms with E-state index in [2.05, 4.69) is 29.1 Å². The fourth-order valence-corrected chi connectivity index (χ4v) is 3.38. The lowest BCUT2D eigenvalue weighted by Crippen LogP contribution is -2.34. The van der Waals surface area contributed by atoms with Gasteiger partial charge in [-0.15, -0.1) is 0 Å². The number of hydrogen-bond donors (Lipinski definition) is 2. The van der Waals surface area contributed by atoms with Gasteiger partial charge < -0.3 is 10.3 Å². The summed E-state index contributed by atoms with van der Waals surface area (Å²) in [5, 5.41) is 3.84. The summed E-state index contributed by atoms with van der Waals surface area (Å²) in [6.07, 6.45) is 9.11. The molecule has 2 amide bonds. The molecule has 1 aromatic carbocycles. The number of fused-ring (bicyclic) bond motifs is 2. The molecule has 4 rings (SSSR count). The zero-order chi connectivity index (χ0) is 18.3. The van der Waals surface area contributed by atoms with Gasteiger partial charge in [-0.2, -0.15) is 0 Å². The number of carbonyl (C=O) groups is 2. The van der Waals surface area contributed by atoms with Crippen LogP contribution in [0.5, 0.6) is 0 Å². The summed E-state index contributed by atoms with van der Waals surface area (Å²) in [7, 11) is 0. The number of nitrogens with one attached hydrogen (secondary N) is 2. The van der Waals surface area contributed by atoms with Gasteiger partial charge in [0.15, 0.2) is 0 Å². The number of aliphatic imine (C=N–C) groups is 1. The molecular weight excluding hydrogens is 326 g/mol. The number of allylic oxidation sites excluding steroid dienone is 3. The van der Waals surface area contributed by atoms with Gasteiger partial charge in [0.05, 0.1) is 5.71 Å². The summed E-state index contributed by atoms with van der Waals surface area (Å²) in [6.45, 7) is 4.14. The van der Waals surface area contributed by atoms with Crippen molar-refractivity contribution in [1.82, 2.24) is 10.3 Å². The maximum atomic E-state index is 12.5. The minimum Gasteiger partial charge on any atom is -0.361 e. The first-order valence-electron chi connectivity index (χ1n) is 8.63. The molecule has 2 aliphatic rings. The van der Waals surface area contributed by atoms with Gasteiger partial charge in [0, 0.05) is 40.4 Å². The molecule has 1 unspecified atom stereocenters. The lowest BCUT2D eigenvalue weighted by atomic mass is 9.82. The molecule has 1 aliphatic heterocycles. The van der Waals surface area contributed by atoms with Crippen LogP contribution in [0.1, 0.15) is 24.2 Å². The largest absolute Gasteiger partial charge is 0.361 e. The van der Waals surface area contributed by atoms with Crippen LogP contribution < -0.4 is 5.32 Å². The van der Waals surface area contributed by atoms with Gasteiger partial charge in [-0.1, -0.05) is 19.9 Å². The number of benzene rings is 1. The van der Waals surface area contributed by atoms with Crippen molar-refractivity contribution in [2.75, 3.05) is 0 Å². The van der Waals surface area contributed by atoms with E-state index in [-0.39, 0.29) is 23.7 Å². The fraction of sp³-hybridized carbons (Fsp3) is 0.190. The molecule has 2 N–H and O–H groups in total. The van der Waals surface area contributed by atoms with Crippen LogP contribution in [0.2, 0.25) is 0 Å². The van der Waals surface area contributed by atoms with E-state index in [0.717, 1.165) is 22.2 Å². The molecule has 0 bridgehead atoms. The van der Waals surface area contributed by atoms with Crippen molar-refractivity contribution >= 4 is 28.4 Å². The molecule has 130 valence electrons. The molecule has 5 nitrogen and oxygen atoms in total. The van der Waals surface area contributed by atoms with Crippen LogP contribution in [-0.4, -0.2) is 22.5 Å². The average molecular weight is 345 g/mol. The van der Waals surface area contributed by atoms with Crippen molar-refractivity contribution in [2.45, 2.75) is 13.8 Å². The Balaban J connectivity index is 1.63. The molecular formula is C21H19N3O2. The van der Waals surface area contributed by atoms with Gasteiger partial charge in [-0.25, -0.2) is 4.99 Å². The van der Waals surface area contributed by atoms with Crippen LogP contribution in [0.4, 0.5) is 0 Å². The molecule has 26 heavy (non-hydrogen) atoms. The van der Waals surface area contributed by atoms with Crippen molar-refractivity contribution < 1.29 is 9.59 Å². The molecule has 1 aliphatic carbocycles. The summed E-state index contributed by atoms with van der Waals surface area (Å²) in [5.74, 6) is -0.120. The van der Waals surface area contributed by atoms with Gasteiger partial charge in [0.1, 0.15) is 0 Å². The Morgan fingerprint density at radius 1 is 1.19 bits per heavy atom. The minimum absolute atomic E-state index is 0.0398. The first-order chi connectivity index (χ1) is 12.5. The maximum absolute atomic E-state index is 12.5. The van der Waals surface area contributed by atoms with E-state index in [9.17, 15) is 9.59 Å². The van der Waals surface area contributed by atoms with Crippen molar-refractivity contribution in [3.05, 3.63) is 71.6 Å². The summed E-state index contributed by atoms with van der Waals surface area (Å²) in [6, 6.07) is 7.37. The molecule has 1 aromatic heterocycles. The molecule has 0 saturated carbocycles. The molecule has 0 fully saturated rings. The molecule has 0 radical (unpaired) electrons. The van der Waals surface area contributed by atoms with Crippen LogP contribution >= 0.6 is 0 Å². The summed E-state index contributed by atoms with van der Waals surface area (Å²) < 4.78 is 0. The monoisotopic (exact) mass is 345 g/mol. The number of aromatic amines is 1. The lowest BCUT2D eigenvalue weighted by Gasteiger charge is -2.29. The van der Waals surface area contributed by atoms with Crippen molar-refractivity contribution in [2.24, 2.45) is 16.8 Å². The highest BCUT2D eigenvalue weighted by molar-refractivity contribution is 6.14. The van der Waals surface area contributed by atoms with Crippen molar-refractivity contribution in [1.29, 1.82) is 0 Å². The normalized spacial score (nSPS) is 20.8. The molecule has 0 saturated heterocycles. The first kappa shape index (κ1) is 16.3. The summed E-state index contributed by atoms with van der Waals surface area (Å²) in [5.41, 5.74) is 3.90. The number of rotatable bonds is 2. The Hall–Kier alpha value is -3.21. The highest BCUT2D eigenvalue weighted by Crippen LogP contribution is 2.31. The van der Waals surface area contributed by atoms with Crippen LogP contribution in [0.25, 0.3) is 10.9 Å². The topological polar surface area (TPSA) is 74.3 Å². The van der Waals surface area contributed by atoms with Gasteiger partial charge in [-0.3, -0.25) is 9.59 Å². The van der Waals surface area contributed by atoms with Gasteiger partial charge in [0.2, 0.25) is 5.91 Å². The second kappa shape index (κ2) is 6.26. The molecule has 1 atom stereocenters. The Morgan fingerprint density at radius 3 is 2.85 bits per heavy atom. The SMILES string of the molecule is CC(C)C1=CC(=O)NC2=CC(=NC(=O)c3ccc4[nH]ccc4c3)C=CC21. The zero-order valence-electron chi connectivity index (χ0n) is 14.6. The van der Waals surface area contributed by atoms with E-state index < -0.39 is 0 Å². The Labute approximate surface area is 151 Å². The molecule has 5 heteroatoms. The van der Waals surface area contributed by atoms with E-state index in [0.29, 0.717) is 11.3 Å². The number of hydrogen-bond acceptors (Lipinski definition) is 2. The predicted molar refractivity (Wildman–Crippen MR) is 102 cm³/mol. The Morgan fingerprint density at radius 2 is 2.04 bits per heavy atom. The van der Waals surface area contributed by atoms with E-state index in [1.54, 1.807) is 18.2 Å². The third kappa shape index (κ3) is 2.92. The van der Waals surface area contributed by atoms with Gasteiger partial charge in [0.25, 0.3) is 5.91 Å². The zero-order valence-corrected chi connectivity index (χ0v) is 14.6. The van der Waals surface area contributed by atoms with Crippen LogP contribution in [0.3, 0.4) is 0 Å². The molecule has 2 heterocycles. The molecule has 0 spiro atoms. The third-order valence-corrected chi connectivity index (χ3v) is 4.72. The van der Waals surface area contributed by atoms with E-state index in [4.69, 9.17) is 0 Å². The van der Waals surface area contributed by atoms with E-state index in [1.807, 2.05) is 36.5 Å². The smallest absolute Gasteiger partial charge is 0.277 e. The molecule has 2 aromatic rings. The van der Waals surface area contributed by atoms with Crippen molar-refractivity contribution in [3.8, 4) is 0 Å². The van der Waals surface area contributed by atoms with Gasteiger partial charge >= 0.3 is 0 Å². The average Bonchev–Trinajstić information content (AvgIpc) is 3.08. The number of aromatic nitrogens is 1. The van der Waals surface area contributed by atoms with E-state index in [1.165, 1.54) is 0 Å². The third-order valence-electron chi connectivity index (χ3n) is 4.72. The standard InChI is InChI=1S/C21H19N3O2/c1-12(2)17-11-20(25)24-19-10-15(4-5-16(17)19)23-21(26)14-3-6-18-13(9-14)7-8-22-18/h3-12,16,22H,1-2H3,(H,24,25). The van der Waals surface area contributed by atoms with Gasteiger partial charge in [-0.05, 0) is 47.9 Å². The summed E-state index contributed by atoms with van der Waals surface area (Å²) >= 11 is 0. The fourth-order valence-electron chi connectivity index (χ4n) is 3.38. The number of nitrogens with zero attached hydrogens (tertiary/aromatic N) is 1. The predicted octanol–water partition coefficient (Wildman–Crippen LogP) is 3.53. The first-order valence-corrected chi connectivity index (χ1v) is 8.63. The maximum Gasteiger partial charge on any atom is 0.277 e. The minimum atomic E-state index is -0.301. The quantitative estimate of drug-likeness (QED) is 0.874. The second-order valence-electron chi connectivity index (χ2n) is 6.85. The Kier molecular flexibility index (Phi) is 3.92. The summed E-state index contributed by atoms with van der Waals surface area (Å²) in [4.78, 5) is 31.8. The van der Waals surface area contributed by atoms with Crippen LogP contribution in [0, 0.1) is 11.8 Å². The Bertz CT molecular complexity index is 1030. The second-order valence-corrected chi connectivity index (χ2v) is 6.85. The van der Waals surface area contributed by atoms with Crippen LogP contribution in [0.15, 0.2) is 71.0 Å². The van der Waals surface area contributed by atoms with Crippen molar-refractivity contribution in [3.63, 3.8) is 0 Å². The van der Waals surface area contributed by atoms with Crippen LogP contribution in [-0.2, 0) is 4.79 Å². The van der Waals surface area contributed by atoms with E-state index >= 15 is 0 Å². The number of H-pyrrole nitrogens is 1. The highest BCUT2D eigenvalue weighted by atomic mass is 16.2. The number of carbonyl (C=O) groups excluding carboxylic acids is 2. The highest BCUT2D eigenvalue weighted by Gasteiger charge is 2.27. The lowest BCUT2D eigenvalue weighted by molar-refractivity contribution is -0.116. The number of amides is 2.